The summed E-state index contributed by atoms with van der Waals surface area (Å²) in [4.78, 5) is 37.0. The van der Waals surface area contributed by atoms with Gasteiger partial charge in [-0.2, -0.15) is 13.2 Å². The van der Waals surface area contributed by atoms with Gasteiger partial charge in [0.25, 0.3) is 11.8 Å². The van der Waals surface area contributed by atoms with Gasteiger partial charge in [0.1, 0.15) is 17.3 Å². The maximum Gasteiger partial charge on any atom is 0.416 e. The molecule has 0 saturated carbocycles. The highest BCUT2D eigenvalue weighted by Crippen LogP contribution is 2.31. The lowest BCUT2D eigenvalue weighted by Gasteiger charge is -2.22. The molecule has 2 aromatic rings. The summed E-state index contributed by atoms with van der Waals surface area (Å²) >= 11 is 3.17. The molecule has 0 bridgehead atoms. The van der Waals surface area contributed by atoms with Crippen LogP contribution in [-0.2, 0) is 15.7 Å². The fourth-order valence-corrected chi connectivity index (χ4v) is 2.94. The van der Waals surface area contributed by atoms with E-state index in [0.717, 1.165) is 16.8 Å². The lowest BCUT2D eigenvalue weighted by molar-refractivity contribution is -0.137. The summed E-state index contributed by atoms with van der Waals surface area (Å²) < 4.78 is 45.1. The van der Waals surface area contributed by atoms with Gasteiger partial charge in [-0.3, -0.25) is 19.7 Å². The summed E-state index contributed by atoms with van der Waals surface area (Å²) in [5.74, 6) is -1.43. The Morgan fingerprint density at radius 3 is 2.38 bits per heavy atom. The molecule has 174 valence electrons. The van der Waals surface area contributed by atoms with Crippen molar-refractivity contribution in [1.29, 1.82) is 0 Å². The smallest absolute Gasteiger partial charge is 0.416 e. The van der Waals surface area contributed by atoms with Crippen LogP contribution in [-0.4, -0.2) is 34.2 Å². The third-order valence-corrected chi connectivity index (χ3v) is 4.50. The van der Waals surface area contributed by atoms with Crippen LogP contribution in [0, 0.1) is 0 Å². The number of aromatic nitrogens is 1. The van der Waals surface area contributed by atoms with E-state index in [1.807, 2.05) is 0 Å². The second kappa shape index (κ2) is 9.63. The molecule has 3 N–H and O–H groups in total. The second-order valence-electron chi connectivity index (χ2n) is 7.76. The van der Waals surface area contributed by atoms with Crippen LogP contribution in [0.25, 0.3) is 0 Å². The van der Waals surface area contributed by atoms with Crippen molar-refractivity contribution >= 4 is 39.5 Å². The Labute approximate surface area is 190 Å². The van der Waals surface area contributed by atoms with Crippen LogP contribution < -0.4 is 16.1 Å². The van der Waals surface area contributed by atoms with Gasteiger partial charge in [-0.05, 0) is 67.9 Å². The van der Waals surface area contributed by atoms with Crippen molar-refractivity contribution in [2.24, 2.45) is 0 Å². The number of benzene rings is 1. The van der Waals surface area contributed by atoms with E-state index in [1.165, 1.54) is 31.3 Å². The van der Waals surface area contributed by atoms with Gasteiger partial charge in [0.15, 0.2) is 0 Å². The van der Waals surface area contributed by atoms with E-state index < -0.39 is 41.3 Å². The van der Waals surface area contributed by atoms with Crippen molar-refractivity contribution in [3.05, 3.63) is 52.3 Å². The van der Waals surface area contributed by atoms with Crippen molar-refractivity contribution in [3.8, 4) is 0 Å². The highest BCUT2D eigenvalue weighted by molar-refractivity contribution is 9.10. The van der Waals surface area contributed by atoms with Crippen LogP contribution in [0.4, 0.5) is 23.7 Å². The predicted molar refractivity (Wildman–Crippen MR) is 115 cm³/mol. The number of halogens is 4. The molecule has 0 fully saturated rings. The van der Waals surface area contributed by atoms with E-state index in [4.69, 9.17) is 4.74 Å². The van der Waals surface area contributed by atoms with E-state index in [0.29, 0.717) is 0 Å². The molecule has 1 heterocycles. The summed E-state index contributed by atoms with van der Waals surface area (Å²) in [7, 11) is 0. The number of hydrogen-bond donors (Lipinski definition) is 3. The third-order valence-electron chi connectivity index (χ3n) is 3.86. The van der Waals surface area contributed by atoms with Crippen LogP contribution in [0.5, 0.6) is 0 Å². The van der Waals surface area contributed by atoms with Crippen LogP contribution in [0.15, 0.2) is 41.0 Å². The van der Waals surface area contributed by atoms with Crippen molar-refractivity contribution in [2.45, 2.75) is 45.5 Å². The van der Waals surface area contributed by atoms with E-state index in [2.05, 4.69) is 32.0 Å². The van der Waals surface area contributed by atoms with Gasteiger partial charge in [0.05, 0.1) is 10.0 Å². The first-order valence-electron chi connectivity index (χ1n) is 9.33. The topological polar surface area (TPSA) is 101 Å². The molecular formula is C20H22BrF3N4O4. The van der Waals surface area contributed by atoms with Crippen LogP contribution in [0.3, 0.4) is 0 Å². The number of ether oxygens (including phenoxy) is 1. The third kappa shape index (κ3) is 7.01. The summed E-state index contributed by atoms with van der Waals surface area (Å²) in [6.45, 7) is 6.43. The lowest BCUT2D eigenvalue weighted by atomic mass is 10.2. The van der Waals surface area contributed by atoms with Gasteiger partial charge in [0.2, 0.25) is 0 Å². The zero-order chi connectivity index (χ0) is 24.3. The van der Waals surface area contributed by atoms with Crippen LogP contribution in [0.1, 0.15) is 43.7 Å². The van der Waals surface area contributed by atoms with Crippen molar-refractivity contribution in [1.82, 2.24) is 9.99 Å². The maximum absolute atomic E-state index is 12.9. The summed E-state index contributed by atoms with van der Waals surface area (Å²) in [5, 5.41) is 4.73. The van der Waals surface area contributed by atoms with Crippen molar-refractivity contribution in [3.63, 3.8) is 0 Å². The fourth-order valence-electron chi connectivity index (χ4n) is 2.45. The maximum atomic E-state index is 12.9. The minimum atomic E-state index is -4.56. The highest BCUT2D eigenvalue weighted by atomic mass is 79.9. The Kier molecular flexibility index (Phi) is 7.60. The predicted octanol–water partition coefficient (Wildman–Crippen LogP) is 4.51. The average Bonchev–Trinajstić information content (AvgIpc) is 2.99. The number of alkyl carbamates (subject to hydrolysis) is 1. The molecule has 0 aliphatic heterocycles. The molecule has 0 radical (unpaired) electrons. The fraction of sp³-hybridized carbons (Fsp3) is 0.350. The highest BCUT2D eigenvalue weighted by Gasteiger charge is 2.30. The lowest BCUT2D eigenvalue weighted by Crippen LogP contribution is -2.46. The molecule has 0 aliphatic carbocycles. The van der Waals surface area contributed by atoms with Gasteiger partial charge >= 0.3 is 12.3 Å². The van der Waals surface area contributed by atoms with E-state index >= 15 is 0 Å². The van der Waals surface area contributed by atoms with E-state index in [1.54, 1.807) is 20.8 Å². The van der Waals surface area contributed by atoms with Gasteiger partial charge in [0, 0.05) is 11.9 Å². The van der Waals surface area contributed by atoms with Gasteiger partial charge in [-0.15, -0.1) is 0 Å². The molecule has 1 atom stereocenters. The van der Waals surface area contributed by atoms with Gasteiger partial charge in [-0.1, -0.05) is 6.07 Å². The van der Waals surface area contributed by atoms with Crippen molar-refractivity contribution < 1.29 is 32.3 Å². The number of alkyl halides is 3. The normalized spacial score (nSPS) is 12.6. The van der Waals surface area contributed by atoms with Crippen LogP contribution >= 0.6 is 15.9 Å². The summed E-state index contributed by atoms with van der Waals surface area (Å²) in [6.07, 6.45) is -3.99. The molecule has 0 aliphatic rings. The first-order valence-corrected chi connectivity index (χ1v) is 10.1. The number of amides is 3. The Morgan fingerprint density at radius 2 is 1.78 bits per heavy atom. The molecule has 3 amide bonds. The quantitative estimate of drug-likeness (QED) is 0.542. The Balaban J connectivity index is 2.12. The summed E-state index contributed by atoms with van der Waals surface area (Å²) in [5.41, 5.74) is 0.629. The standard InChI is InChI=1S/C20H22BrF3N4O4/c1-11(25-18(31)32-19(2,3)4)16(29)27-28-9-8-14(21)15(28)17(30)26-13-7-5-6-12(10-13)20(22,23)24/h5-11H,1-4H3,(H,25,31)(H,26,30)(H,27,29)/t11-/m0/s1. The number of anilines is 1. The second-order valence-corrected chi connectivity index (χ2v) is 8.61. The number of hydrogen-bond acceptors (Lipinski definition) is 4. The number of nitrogens with zero attached hydrogens (tertiary/aromatic N) is 1. The molecule has 12 heteroatoms. The molecule has 0 saturated heterocycles. The van der Waals surface area contributed by atoms with Crippen molar-refractivity contribution in [2.75, 3.05) is 10.7 Å². The monoisotopic (exact) mass is 518 g/mol. The molecule has 8 nitrogen and oxygen atoms in total. The molecular weight excluding hydrogens is 497 g/mol. The molecule has 0 spiro atoms. The first-order chi connectivity index (χ1) is 14.7. The SMILES string of the molecule is C[C@H](NC(=O)OC(C)(C)C)C(=O)Nn1ccc(Br)c1C(=O)Nc1cccc(C(F)(F)F)c1. The van der Waals surface area contributed by atoms with E-state index in [-0.39, 0.29) is 15.9 Å². The first kappa shape index (κ1) is 25.2. The number of rotatable bonds is 5. The zero-order valence-corrected chi connectivity index (χ0v) is 19.2. The Morgan fingerprint density at radius 1 is 1.12 bits per heavy atom. The molecule has 1 aromatic heterocycles. The number of carbonyl (C=O) groups is 3. The molecule has 0 unspecified atom stereocenters. The van der Waals surface area contributed by atoms with Gasteiger partial charge < -0.3 is 15.4 Å². The average molecular weight is 519 g/mol. The minimum Gasteiger partial charge on any atom is -0.444 e. The van der Waals surface area contributed by atoms with E-state index in [9.17, 15) is 27.6 Å². The Hall–Kier alpha value is -3.02. The van der Waals surface area contributed by atoms with Crippen LogP contribution in [0.2, 0.25) is 0 Å². The molecule has 32 heavy (non-hydrogen) atoms. The number of nitrogens with one attached hydrogen (secondary N) is 3. The Bertz CT molecular complexity index is 1020. The minimum absolute atomic E-state index is 0.0692. The van der Waals surface area contributed by atoms with Gasteiger partial charge in [-0.25, -0.2) is 4.79 Å². The largest absolute Gasteiger partial charge is 0.444 e. The zero-order valence-electron chi connectivity index (χ0n) is 17.6. The molecule has 2 rings (SSSR count). The summed E-state index contributed by atoms with van der Waals surface area (Å²) in [6, 6.07) is 4.61. The molecule has 1 aromatic carbocycles. The number of carbonyl (C=O) groups excluding carboxylic acids is 3.